The fourth-order valence-corrected chi connectivity index (χ4v) is 3.55. The zero-order chi connectivity index (χ0) is 19.2. The Morgan fingerprint density at radius 3 is 2.61 bits per heavy atom. The highest BCUT2D eigenvalue weighted by molar-refractivity contribution is 5.95. The predicted octanol–water partition coefficient (Wildman–Crippen LogP) is 3.86. The van der Waals surface area contributed by atoms with E-state index in [2.05, 4.69) is 44.7 Å². The lowest BCUT2D eigenvalue weighted by Crippen LogP contribution is -2.34. The second kappa shape index (κ2) is 8.76. The van der Waals surface area contributed by atoms with E-state index < -0.39 is 0 Å². The predicted molar refractivity (Wildman–Crippen MR) is 112 cm³/mol. The maximum absolute atomic E-state index is 12.3. The summed E-state index contributed by atoms with van der Waals surface area (Å²) < 4.78 is 0. The van der Waals surface area contributed by atoms with E-state index in [1.165, 1.54) is 5.56 Å². The third-order valence-corrected chi connectivity index (χ3v) is 5.16. The van der Waals surface area contributed by atoms with E-state index in [1.807, 2.05) is 42.6 Å². The molecule has 0 radical (unpaired) electrons. The maximum Gasteiger partial charge on any atom is 0.289 e. The van der Waals surface area contributed by atoms with E-state index in [0.717, 1.165) is 43.4 Å². The van der Waals surface area contributed by atoms with Crippen molar-refractivity contribution in [3.05, 3.63) is 78.0 Å². The molecule has 4 rings (SSSR count). The molecule has 0 saturated carbocycles. The van der Waals surface area contributed by atoms with Crippen molar-refractivity contribution in [3.63, 3.8) is 0 Å². The molecule has 142 valence electrons. The zero-order valence-corrected chi connectivity index (χ0v) is 15.8. The summed E-state index contributed by atoms with van der Waals surface area (Å²) in [7, 11) is 0. The lowest BCUT2D eigenvalue weighted by atomic mass is 9.98. The quantitative estimate of drug-likeness (QED) is 0.546. The van der Waals surface area contributed by atoms with Crippen LogP contribution < -0.4 is 5.43 Å². The highest BCUT2D eigenvalue weighted by Gasteiger charge is 2.18. The van der Waals surface area contributed by atoms with Crippen molar-refractivity contribution in [3.8, 4) is 0 Å². The number of rotatable bonds is 5. The van der Waals surface area contributed by atoms with Gasteiger partial charge in [-0.25, -0.2) is 10.4 Å². The first-order chi connectivity index (χ1) is 13.8. The van der Waals surface area contributed by atoms with Crippen molar-refractivity contribution in [2.45, 2.75) is 19.4 Å². The molecule has 1 fully saturated rings. The van der Waals surface area contributed by atoms with Crippen LogP contribution in [0.1, 0.15) is 28.9 Å². The number of para-hydroxylation sites is 1. The Hall–Kier alpha value is -3.05. The summed E-state index contributed by atoms with van der Waals surface area (Å²) in [6, 6.07) is 22.0. The molecule has 0 bridgehead atoms. The average Bonchev–Trinajstić information content (AvgIpc) is 2.75. The number of hydrogen-bond donors (Lipinski definition) is 1. The minimum atomic E-state index is -0.275. The number of hydrazone groups is 1. The van der Waals surface area contributed by atoms with Crippen molar-refractivity contribution in [1.82, 2.24) is 15.3 Å². The molecular weight excluding hydrogens is 348 g/mol. The zero-order valence-electron chi connectivity index (χ0n) is 15.8. The number of likely N-dealkylation sites (tertiary alicyclic amines) is 1. The van der Waals surface area contributed by atoms with Gasteiger partial charge in [0.15, 0.2) is 0 Å². The number of nitrogens with zero attached hydrogens (tertiary/aromatic N) is 3. The second-order valence-corrected chi connectivity index (χ2v) is 7.21. The lowest BCUT2D eigenvalue weighted by Gasteiger charge is -2.30. The highest BCUT2D eigenvalue weighted by Crippen LogP contribution is 2.17. The summed E-state index contributed by atoms with van der Waals surface area (Å²) in [6.45, 7) is 3.09. The SMILES string of the molecule is O=C(NN=CC1CCN(Cc2ccccc2)CC1)c1ccc2ccccc2n1. The molecule has 0 aliphatic carbocycles. The summed E-state index contributed by atoms with van der Waals surface area (Å²) in [4.78, 5) is 19.2. The summed E-state index contributed by atoms with van der Waals surface area (Å²) in [6.07, 6.45) is 3.99. The van der Waals surface area contributed by atoms with Gasteiger partial charge in [0.1, 0.15) is 5.69 Å². The number of fused-ring (bicyclic) bond motifs is 1. The van der Waals surface area contributed by atoms with Gasteiger partial charge in [-0.05, 0) is 49.5 Å². The van der Waals surface area contributed by atoms with Crippen LogP contribution >= 0.6 is 0 Å². The Bertz CT molecular complexity index is 963. The van der Waals surface area contributed by atoms with Gasteiger partial charge in [0, 0.05) is 18.1 Å². The van der Waals surface area contributed by atoms with E-state index in [0.29, 0.717) is 11.6 Å². The monoisotopic (exact) mass is 372 g/mol. The number of nitrogens with one attached hydrogen (secondary N) is 1. The van der Waals surface area contributed by atoms with E-state index in [9.17, 15) is 4.79 Å². The van der Waals surface area contributed by atoms with Crippen molar-refractivity contribution in [2.75, 3.05) is 13.1 Å². The second-order valence-electron chi connectivity index (χ2n) is 7.21. The molecule has 1 amide bonds. The lowest BCUT2D eigenvalue weighted by molar-refractivity contribution is 0.0950. The van der Waals surface area contributed by atoms with Gasteiger partial charge in [-0.2, -0.15) is 5.10 Å². The van der Waals surface area contributed by atoms with E-state index in [-0.39, 0.29) is 5.91 Å². The van der Waals surface area contributed by atoms with Gasteiger partial charge >= 0.3 is 0 Å². The standard InChI is InChI=1S/C23H24N4O/c28-23(22-11-10-20-8-4-5-9-21(20)25-22)26-24-16-18-12-14-27(15-13-18)17-19-6-2-1-3-7-19/h1-11,16,18H,12-15,17H2,(H,26,28). The van der Waals surface area contributed by atoms with Crippen LogP contribution in [0, 0.1) is 5.92 Å². The van der Waals surface area contributed by atoms with Gasteiger partial charge < -0.3 is 0 Å². The van der Waals surface area contributed by atoms with Crippen LogP contribution in [0.4, 0.5) is 0 Å². The van der Waals surface area contributed by atoms with Gasteiger partial charge in [-0.1, -0.05) is 54.6 Å². The van der Waals surface area contributed by atoms with Crippen LogP contribution in [0.25, 0.3) is 10.9 Å². The molecule has 3 aromatic rings. The summed E-state index contributed by atoms with van der Waals surface area (Å²) in [5.74, 6) is 0.125. The third kappa shape index (κ3) is 4.61. The van der Waals surface area contributed by atoms with Gasteiger partial charge in [-0.3, -0.25) is 9.69 Å². The smallest absolute Gasteiger partial charge is 0.289 e. The Morgan fingerprint density at radius 2 is 1.79 bits per heavy atom. The van der Waals surface area contributed by atoms with E-state index in [1.54, 1.807) is 6.07 Å². The van der Waals surface area contributed by atoms with Gasteiger partial charge in [0.2, 0.25) is 0 Å². The van der Waals surface area contributed by atoms with E-state index in [4.69, 9.17) is 0 Å². The van der Waals surface area contributed by atoms with Crippen LogP contribution in [-0.4, -0.2) is 35.1 Å². The molecule has 5 heteroatoms. The molecule has 2 heterocycles. The van der Waals surface area contributed by atoms with Crippen molar-refractivity contribution in [2.24, 2.45) is 11.0 Å². The van der Waals surface area contributed by atoms with E-state index >= 15 is 0 Å². The number of piperidine rings is 1. The molecular formula is C23H24N4O. The molecule has 0 spiro atoms. The first kappa shape index (κ1) is 18.3. The highest BCUT2D eigenvalue weighted by atomic mass is 16.2. The minimum absolute atomic E-state index is 0.275. The number of hydrogen-bond acceptors (Lipinski definition) is 4. The van der Waals surface area contributed by atoms with Crippen LogP contribution in [0.15, 0.2) is 71.8 Å². The Kier molecular flexibility index (Phi) is 5.73. The summed E-state index contributed by atoms with van der Waals surface area (Å²) in [5.41, 5.74) is 5.16. The Balaban J connectivity index is 1.26. The third-order valence-electron chi connectivity index (χ3n) is 5.16. The number of carbonyl (C=O) groups excluding carboxylic acids is 1. The largest absolute Gasteiger partial charge is 0.299 e. The molecule has 1 saturated heterocycles. The number of carbonyl (C=O) groups is 1. The Labute approximate surface area is 165 Å². The molecule has 0 atom stereocenters. The molecule has 1 N–H and O–H groups in total. The molecule has 0 unspecified atom stereocenters. The number of benzene rings is 2. The fourth-order valence-electron chi connectivity index (χ4n) is 3.55. The number of aromatic nitrogens is 1. The molecule has 2 aromatic carbocycles. The van der Waals surface area contributed by atoms with Crippen molar-refractivity contribution >= 4 is 23.0 Å². The first-order valence-electron chi connectivity index (χ1n) is 9.73. The van der Waals surface area contributed by atoms with Crippen molar-refractivity contribution < 1.29 is 4.79 Å². The molecule has 5 nitrogen and oxygen atoms in total. The minimum Gasteiger partial charge on any atom is -0.299 e. The first-order valence-corrected chi connectivity index (χ1v) is 9.73. The van der Waals surface area contributed by atoms with Crippen LogP contribution in [0.3, 0.4) is 0 Å². The topological polar surface area (TPSA) is 57.6 Å². The molecule has 1 aromatic heterocycles. The molecule has 28 heavy (non-hydrogen) atoms. The van der Waals surface area contributed by atoms with Crippen LogP contribution in [0.2, 0.25) is 0 Å². The van der Waals surface area contributed by atoms with Gasteiger partial charge in [0.05, 0.1) is 5.52 Å². The van der Waals surface area contributed by atoms with Crippen LogP contribution in [-0.2, 0) is 6.54 Å². The normalized spacial score (nSPS) is 15.9. The van der Waals surface area contributed by atoms with Gasteiger partial charge in [-0.15, -0.1) is 0 Å². The number of pyridine rings is 1. The Morgan fingerprint density at radius 1 is 1.04 bits per heavy atom. The fraction of sp³-hybridized carbons (Fsp3) is 0.261. The summed E-state index contributed by atoms with van der Waals surface area (Å²) >= 11 is 0. The molecule has 1 aliphatic rings. The average molecular weight is 372 g/mol. The number of amides is 1. The van der Waals surface area contributed by atoms with Gasteiger partial charge in [0.25, 0.3) is 5.91 Å². The van der Waals surface area contributed by atoms with Crippen molar-refractivity contribution in [1.29, 1.82) is 0 Å². The maximum atomic E-state index is 12.3. The molecule has 1 aliphatic heterocycles. The summed E-state index contributed by atoms with van der Waals surface area (Å²) in [5, 5.41) is 5.20. The van der Waals surface area contributed by atoms with Crippen LogP contribution in [0.5, 0.6) is 0 Å².